The number of carbonyl (C=O) groups excluding carboxylic acids is 1. The van der Waals surface area contributed by atoms with Crippen molar-refractivity contribution in [3.63, 3.8) is 0 Å². The number of aliphatic hydroxyl groups is 1. The van der Waals surface area contributed by atoms with Crippen molar-refractivity contribution >= 4 is 17.5 Å². The number of hydrogen-bond donors (Lipinski definition) is 2. The van der Waals surface area contributed by atoms with Crippen molar-refractivity contribution in [1.82, 2.24) is 5.32 Å². The number of benzene rings is 1. The molecule has 1 amide bonds. The molecular weight excluding hydrogens is 226 g/mol. The van der Waals surface area contributed by atoms with Gasteiger partial charge in [-0.05, 0) is 38.5 Å². The Morgan fingerprint density at radius 3 is 2.31 bits per heavy atom. The molecule has 16 heavy (non-hydrogen) atoms. The van der Waals surface area contributed by atoms with E-state index in [0.29, 0.717) is 5.02 Å². The van der Waals surface area contributed by atoms with Crippen LogP contribution in [0.15, 0.2) is 24.3 Å². The second-order valence-corrected chi connectivity index (χ2v) is 4.74. The summed E-state index contributed by atoms with van der Waals surface area (Å²) in [6, 6.07) is 7.07. The van der Waals surface area contributed by atoms with Crippen molar-refractivity contribution in [1.29, 1.82) is 0 Å². The van der Waals surface area contributed by atoms with Gasteiger partial charge in [-0.25, -0.2) is 0 Å². The van der Waals surface area contributed by atoms with Gasteiger partial charge in [-0.15, -0.1) is 0 Å². The maximum Gasteiger partial charge on any atom is 0.251 e. The van der Waals surface area contributed by atoms with Gasteiger partial charge in [0, 0.05) is 5.02 Å². The fourth-order valence-electron chi connectivity index (χ4n) is 1.21. The average Bonchev–Trinajstić information content (AvgIpc) is 2.17. The van der Waals surface area contributed by atoms with E-state index < -0.39 is 11.5 Å². The normalized spacial score (nSPS) is 13.3. The highest BCUT2D eigenvalue weighted by molar-refractivity contribution is 6.30. The van der Waals surface area contributed by atoms with Crippen LogP contribution in [-0.4, -0.2) is 16.6 Å². The molecule has 1 atom stereocenters. The lowest BCUT2D eigenvalue weighted by atomic mass is 10.1. The average molecular weight is 242 g/mol. The van der Waals surface area contributed by atoms with Crippen LogP contribution >= 0.6 is 11.6 Å². The standard InChI is InChI=1S/C12H16ClNO2/c1-8(14-11(15)12(2,3)16)9-4-6-10(13)7-5-9/h4-8,16H,1-3H3,(H,14,15). The second kappa shape index (κ2) is 4.85. The smallest absolute Gasteiger partial charge is 0.251 e. The first kappa shape index (κ1) is 13.0. The molecule has 0 aliphatic carbocycles. The van der Waals surface area contributed by atoms with Gasteiger partial charge in [0.2, 0.25) is 0 Å². The summed E-state index contributed by atoms with van der Waals surface area (Å²) < 4.78 is 0. The number of hydrogen-bond acceptors (Lipinski definition) is 2. The van der Waals surface area contributed by atoms with Crippen LogP contribution in [0.4, 0.5) is 0 Å². The number of carbonyl (C=O) groups is 1. The van der Waals surface area contributed by atoms with Gasteiger partial charge in [0.05, 0.1) is 6.04 Å². The first-order valence-corrected chi connectivity index (χ1v) is 5.47. The van der Waals surface area contributed by atoms with Crippen molar-refractivity contribution in [2.75, 3.05) is 0 Å². The zero-order valence-corrected chi connectivity index (χ0v) is 10.4. The minimum Gasteiger partial charge on any atom is -0.381 e. The zero-order chi connectivity index (χ0) is 12.3. The molecular formula is C12H16ClNO2. The number of halogens is 1. The Balaban J connectivity index is 2.69. The summed E-state index contributed by atoms with van der Waals surface area (Å²) in [5.74, 6) is -0.394. The molecule has 0 spiro atoms. The van der Waals surface area contributed by atoms with E-state index in [4.69, 9.17) is 11.6 Å². The monoisotopic (exact) mass is 241 g/mol. The van der Waals surface area contributed by atoms with E-state index in [1.54, 1.807) is 12.1 Å². The largest absolute Gasteiger partial charge is 0.381 e. The van der Waals surface area contributed by atoms with E-state index in [1.807, 2.05) is 19.1 Å². The molecule has 1 rings (SSSR count). The molecule has 0 aliphatic rings. The lowest BCUT2D eigenvalue weighted by Gasteiger charge is -2.21. The Bertz CT molecular complexity index is 368. The van der Waals surface area contributed by atoms with Crippen LogP contribution in [0.5, 0.6) is 0 Å². The van der Waals surface area contributed by atoms with Crippen molar-refractivity contribution in [3.05, 3.63) is 34.9 Å². The van der Waals surface area contributed by atoms with Gasteiger partial charge < -0.3 is 10.4 Å². The maximum atomic E-state index is 11.5. The first-order chi connectivity index (χ1) is 7.30. The zero-order valence-electron chi connectivity index (χ0n) is 9.62. The molecule has 1 aromatic carbocycles. The molecule has 3 nitrogen and oxygen atoms in total. The molecule has 0 bridgehead atoms. The van der Waals surface area contributed by atoms with Crippen LogP contribution in [-0.2, 0) is 4.79 Å². The summed E-state index contributed by atoms with van der Waals surface area (Å²) in [6.07, 6.45) is 0. The Morgan fingerprint density at radius 2 is 1.88 bits per heavy atom. The summed E-state index contributed by atoms with van der Waals surface area (Å²) in [7, 11) is 0. The molecule has 0 fully saturated rings. The van der Waals surface area contributed by atoms with E-state index >= 15 is 0 Å². The summed E-state index contributed by atoms with van der Waals surface area (Å²) in [5, 5.41) is 12.9. The quantitative estimate of drug-likeness (QED) is 0.853. The molecule has 0 aromatic heterocycles. The molecule has 0 saturated heterocycles. The second-order valence-electron chi connectivity index (χ2n) is 4.31. The highest BCUT2D eigenvalue weighted by atomic mass is 35.5. The molecule has 1 unspecified atom stereocenters. The Labute approximate surface area is 100 Å². The predicted molar refractivity (Wildman–Crippen MR) is 64.3 cm³/mol. The molecule has 0 saturated carbocycles. The molecule has 0 radical (unpaired) electrons. The van der Waals surface area contributed by atoms with Gasteiger partial charge in [0.15, 0.2) is 0 Å². The van der Waals surface area contributed by atoms with E-state index in [1.165, 1.54) is 13.8 Å². The minimum absolute atomic E-state index is 0.156. The van der Waals surface area contributed by atoms with Gasteiger partial charge in [-0.1, -0.05) is 23.7 Å². The summed E-state index contributed by atoms with van der Waals surface area (Å²) in [5.41, 5.74) is -0.414. The van der Waals surface area contributed by atoms with E-state index in [2.05, 4.69) is 5.32 Å². The van der Waals surface area contributed by atoms with Crippen LogP contribution in [0.3, 0.4) is 0 Å². The summed E-state index contributed by atoms with van der Waals surface area (Å²) >= 11 is 5.77. The lowest BCUT2D eigenvalue weighted by Crippen LogP contribution is -2.42. The van der Waals surface area contributed by atoms with Gasteiger partial charge in [0.25, 0.3) is 5.91 Å². The van der Waals surface area contributed by atoms with Crippen molar-refractivity contribution in [3.8, 4) is 0 Å². The highest BCUT2D eigenvalue weighted by Gasteiger charge is 2.25. The van der Waals surface area contributed by atoms with Gasteiger partial charge in [-0.2, -0.15) is 0 Å². The SMILES string of the molecule is CC(NC(=O)C(C)(C)O)c1ccc(Cl)cc1. The molecule has 2 N–H and O–H groups in total. The van der Waals surface area contributed by atoms with E-state index in [-0.39, 0.29) is 6.04 Å². The third-order valence-electron chi connectivity index (χ3n) is 2.27. The number of rotatable bonds is 3. The van der Waals surface area contributed by atoms with Crippen LogP contribution in [0.2, 0.25) is 5.02 Å². The third-order valence-corrected chi connectivity index (χ3v) is 2.53. The summed E-state index contributed by atoms with van der Waals surface area (Å²) in [4.78, 5) is 11.5. The lowest BCUT2D eigenvalue weighted by molar-refractivity contribution is -0.137. The maximum absolute atomic E-state index is 11.5. The molecule has 4 heteroatoms. The van der Waals surface area contributed by atoms with Crippen molar-refractivity contribution in [2.45, 2.75) is 32.4 Å². The Morgan fingerprint density at radius 1 is 1.38 bits per heavy atom. The van der Waals surface area contributed by atoms with Crippen molar-refractivity contribution in [2.24, 2.45) is 0 Å². The molecule has 0 heterocycles. The van der Waals surface area contributed by atoms with Gasteiger partial charge in [-0.3, -0.25) is 4.79 Å². The highest BCUT2D eigenvalue weighted by Crippen LogP contribution is 2.16. The summed E-state index contributed by atoms with van der Waals surface area (Å²) in [6.45, 7) is 4.76. The van der Waals surface area contributed by atoms with E-state index in [9.17, 15) is 9.90 Å². The van der Waals surface area contributed by atoms with Crippen LogP contribution in [0.1, 0.15) is 32.4 Å². The molecule has 88 valence electrons. The molecule has 0 aliphatic heterocycles. The van der Waals surface area contributed by atoms with Crippen LogP contribution in [0, 0.1) is 0 Å². The minimum atomic E-state index is -1.36. The third kappa shape index (κ3) is 3.51. The van der Waals surface area contributed by atoms with Gasteiger partial charge in [0.1, 0.15) is 5.60 Å². The van der Waals surface area contributed by atoms with Crippen molar-refractivity contribution < 1.29 is 9.90 Å². The fourth-order valence-corrected chi connectivity index (χ4v) is 1.33. The number of amides is 1. The Hall–Kier alpha value is -1.06. The number of nitrogens with one attached hydrogen (secondary N) is 1. The van der Waals surface area contributed by atoms with Gasteiger partial charge >= 0.3 is 0 Å². The predicted octanol–water partition coefficient (Wildman–Crippen LogP) is 2.29. The topological polar surface area (TPSA) is 49.3 Å². The van der Waals surface area contributed by atoms with Crippen LogP contribution < -0.4 is 5.32 Å². The Kier molecular flexibility index (Phi) is 3.94. The van der Waals surface area contributed by atoms with E-state index in [0.717, 1.165) is 5.56 Å². The van der Waals surface area contributed by atoms with Crippen LogP contribution in [0.25, 0.3) is 0 Å². The first-order valence-electron chi connectivity index (χ1n) is 5.09. The molecule has 1 aromatic rings. The fraction of sp³-hybridized carbons (Fsp3) is 0.417.